The molecule has 0 saturated heterocycles. The number of hydrogen-bond donors (Lipinski definition) is 1. The van der Waals surface area contributed by atoms with Gasteiger partial charge in [0.15, 0.2) is 0 Å². The van der Waals surface area contributed by atoms with Crippen LogP contribution in [0.2, 0.25) is 0 Å². The van der Waals surface area contributed by atoms with E-state index >= 15 is 0 Å². The molecule has 1 aromatic heterocycles. The van der Waals surface area contributed by atoms with Crippen LogP contribution in [0, 0.1) is 22.9 Å². The van der Waals surface area contributed by atoms with Crippen molar-refractivity contribution in [2.75, 3.05) is 4.90 Å². The number of rotatable bonds is 4. The van der Waals surface area contributed by atoms with Crippen molar-refractivity contribution in [2.24, 2.45) is 0 Å². The van der Waals surface area contributed by atoms with Crippen molar-refractivity contribution in [3.63, 3.8) is 0 Å². The molecule has 1 atom stereocenters. The minimum absolute atomic E-state index is 0.0807. The Balaban J connectivity index is 1.73. The Labute approximate surface area is 182 Å². The van der Waals surface area contributed by atoms with Crippen molar-refractivity contribution in [3.8, 4) is 11.3 Å². The lowest BCUT2D eigenvalue weighted by Crippen LogP contribution is -2.29. The number of anilines is 1. The summed E-state index contributed by atoms with van der Waals surface area (Å²) in [5.74, 6) is -0.762. The number of nitro groups is 1. The van der Waals surface area contributed by atoms with Gasteiger partial charge < -0.3 is 0 Å². The molecule has 0 fully saturated rings. The van der Waals surface area contributed by atoms with Crippen molar-refractivity contribution in [1.82, 2.24) is 10.2 Å². The minimum Gasteiger partial charge on any atom is -0.295 e. The summed E-state index contributed by atoms with van der Waals surface area (Å²) in [6.07, 6.45) is 0. The van der Waals surface area contributed by atoms with E-state index in [1.54, 1.807) is 12.1 Å². The van der Waals surface area contributed by atoms with Crippen LogP contribution < -0.4 is 4.90 Å². The number of nitrogens with one attached hydrogen (secondary N) is 1. The molecule has 1 aliphatic heterocycles. The Morgan fingerprint density at radius 1 is 1.06 bits per heavy atom. The molecule has 0 saturated carbocycles. The molecule has 1 N–H and O–H groups in total. The standard InChI is InChI=1S/C24H17FN4O3/c1-14-5-7-15(8-6-14)21-20-22(27-26-21)24(30)28(18-11-9-17(25)10-12-18)23(20)16-3-2-4-19(13-16)29(31)32/h2-13,23H,1H3,(H,26,27)/t23-/m1/s1. The highest BCUT2D eigenvalue weighted by atomic mass is 19.1. The Morgan fingerprint density at radius 2 is 1.78 bits per heavy atom. The lowest BCUT2D eigenvalue weighted by Gasteiger charge is -2.26. The number of aromatic nitrogens is 2. The van der Waals surface area contributed by atoms with Gasteiger partial charge in [0.05, 0.1) is 16.7 Å². The number of H-pyrrole nitrogens is 1. The van der Waals surface area contributed by atoms with Crippen LogP contribution in [0.25, 0.3) is 11.3 Å². The number of fused-ring (bicyclic) bond motifs is 1. The molecule has 32 heavy (non-hydrogen) atoms. The second-order valence-corrected chi connectivity index (χ2v) is 7.63. The lowest BCUT2D eigenvalue weighted by atomic mass is 9.95. The highest BCUT2D eigenvalue weighted by Crippen LogP contribution is 2.45. The van der Waals surface area contributed by atoms with E-state index in [2.05, 4.69) is 10.2 Å². The normalized spacial score (nSPS) is 15.1. The SMILES string of the molecule is Cc1ccc(-c2n[nH]c3c2[C@@H](c2cccc([N+](=O)[O-])c2)N(c2ccc(F)cc2)C3=O)cc1. The fourth-order valence-electron chi connectivity index (χ4n) is 4.07. The largest absolute Gasteiger partial charge is 0.295 e. The Kier molecular flexibility index (Phi) is 4.55. The van der Waals surface area contributed by atoms with E-state index < -0.39 is 16.8 Å². The first kappa shape index (κ1) is 19.6. The molecule has 1 amide bonds. The third kappa shape index (κ3) is 3.13. The fourth-order valence-corrected chi connectivity index (χ4v) is 4.07. The summed E-state index contributed by atoms with van der Waals surface area (Å²) in [4.78, 5) is 25.9. The Bertz CT molecular complexity index is 1350. The summed E-state index contributed by atoms with van der Waals surface area (Å²) in [7, 11) is 0. The lowest BCUT2D eigenvalue weighted by molar-refractivity contribution is -0.384. The van der Waals surface area contributed by atoms with Crippen LogP contribution >= 0.6 is 0 Å². The Morgan fingerprint density at radius 3 is 2.47 bits per heavy atom. The second-order valence-electron chi connectivity index (χ2n) is 7.63. The van der Waals surface area contributed by atoms with Crippen molar-refractivity contribution in [3.05, 3.63) is 111 Å². The molecule has 0 unspecified atom stereocenters. The molecule has 8 heteroatoms. The van der Waals surface area contributed by atoms with Gasteiger partial charge >= 0.3 is 0 Å². The third-order valence-corrected chi connectivity index (χ3v) is 5.59. The number of nitro benzene ring substituents is 1. The predicted molar refractivity (Wildman–Crippen MR) is 117 cm³/mol. The van der Waals surface area contributed by atoms with Crippen LogP contribution in [0.5, 0.6) is 0 Å². The number of hydrogen-bond acceptors (Lipinski definition) is 4. The summed E-state index contributed by atoms with van der Waals surface area (Å²) < 4.78 is 13.6. The minimum atomic E-state index is -0.669. The molecule has 3 aromatic carbocycles. The molecule has 4 aromatic rings. The van der Waals surface area contributed by atoms with Gasteiger partial charge in [0.2, 0.25) is 0 Å². The number of carbonyl (C=O) groups excluding carboxylic acids is 1. The summed E-state index contributed by atoms with van der Waals surface area (Å²) in [5.41, 5.74) is 4.39. The zero-order valence-corrected chi connectivity index (χ0v) is 16.9. The zero-order chi connectivity index (χ0) is 22.4. The molecule has 158 valence electrons. The number of amides is 1. The summed E-state index contributed by atoms with van der Waals surface area (Å²) >= 11 is 0. The van der Waals surface area contributed by atoms with Gasteiger partial charge in [0.1, 0.15) is 11.5 Å². The molecular weight excluding hydrogens is 411 g/mol. The Hall–Kier alpha value is -4.33. The van der Waals surface area contributed by atoms with Crippen LogP contribution in [0.4, 0.5) is 15.8 Å². The topological polar surface area (TPSA) is 92.1 Å². The molecular formula is C24H17FN4O3. The fraction of sp³-hybridized carbons (Fsp3) is 0.0833. The average molecular weight is 428 g/mol. The van der Waals surface area contributed by atoms with Crippen LogP contribution in [-0.4, -0.2) is 21.0 Å². The van der Waals surface area contributed by atoms with Crippen LogP contribution in [-0.2, 0) is 0 Å². The second kappa shape index (κ2) is 7.42. The number of nitrogens with zero attached hydrogens (tertiary/aromatic N) is 3. The maximum absolute atomic E-state index is 13.6. The first-order chi connectivity index (χ1) is 15.4. The molecule has 0 aliphatic carbocycles. The quantitative estimate of drug-likeness (QED) is 0.358. The van der Waals surface area contributed by atoms with E-state index in [1.165, 1.54) is 41.3 Å². The summed E-state index contributed by atoms with van der Waals surface area (Å²) in [6, 6.07) is 18.8. The van der Waals surface area contributed by atoms with Gasteiger partial charge in [-0.05, 0) is 36.8 Å². The van der Waals surface area contributed by atoms with Gasteiger partial charge in [-0.3, -0.25) is 24.9 Å². The van der Waals surface area contributed by atoms with Crippen molar-refractivity contribution >= 4 is 17.3 Å². The van der Waals surface area contributed by atoms with Crippen molar-refractivity contribution in [1.29, 1.82) is 0 Å². The van der Waals surface area contributed by atoms with Crippen molar-refractivity contribution < 1.29 is 14.1 Å². The molecule has 0 bridgehead atoms. The van der Waals surface area contributed by atoms with E-state index in [0.717, 1.165) is 11.1 Å². The molecule has 2 heterocycles. The van der Waals surface area contributed by atoms with Gasteiger partial charge in [-0.2, -0.15) is 5.10 Å². The number of carbonyl (C=O) groups is 1. The number of halogens is 1. The molecule has 7 nitrogen and oxygen atoms in total. The molecule has 0 spiro atoms. The maximum Gasteiger partial charge on any atom is 0.277 e. The maximum atomic E-state index is 13.6. The van der Waals surface area contributed by atoms with E-state index in [1.807, 2.05) is 31.2 Å². The van der Waals surface area contributed by atoms with Gasteiger partial charge in [-0.25, -0.2) is 4.39 Å². The van der Waals surface area contributed by atoms with E-state index in [4.69, 9.17) is 0 Å². The molecule has 5 rings (SSSR count). The number of aromatic amines is 1. The van der Waals surface area contributed by atoms with E-state index in [0.29, 0.717) is 28.2 Å². The smallest absolute Gasteiger partial charge is 0.277 e. The predicted octanol–water partition coefficient (Wildman–Crippen LogP) is 5.18. The van der Waals surface area contributed by atoms with Crippen LogP contribution in [0.15, 0.2) is 72.8 Å². The number of benzene rings is 3. The van der Waals surface area contributed by atoms with Crippen LogP contribution in [0.3, 0.4) is 0 Å². The van der Waals surface area contributed by atoms with Gasteiger partial charge in [-0.1, -0.05) is 42.0 Å². The summed E-state index contributed by atoms with van der Waals surface area (Å²) in [6.45, 7) is 1.98. The van der Waals surface area contributed by atoms with Gasteiger partial charge in [0.25, 0.3) is 11.6 Å². The van der Waals surface area contributed by atoms with E-state index in [9.17, 15) is 19.3 Å². The van der Waals surface area contributed by atoms with Gasteiger partial charge in [-0.15, -0.1) is 0 Å². The first-order valence-electron chi connectivity index (χ1n) is 9.93. The number of non-ortho nitro benzene ring substituents is 1. The summed E-state index contributed by atoms with van der Waals surface area (Å²) in [5, 5.41) is 18.6. The molecule has 1 aliphatic rings. The third-order valence-electron chi connectivity index (χ3n) is 5.59. The van der Waals surface area contributed by atoms with Crippen molar-refractivity contribution in [2.45, 2.75) is 13.0 Å². The van der Waals surface area contributed by atoms with Crippen LogP contribution in [0.1, 0.15) is 33.2 Å². The zero-order valence-electron chi connectivity index (χ0n) is 16.9. The highest BCUT2D eigenvalue weighted by Gasteiger charge is 2.43. The van der Waals surface area contributed by atoms with E-state index in [-0.39, 0.29) is 11.6 Å². The number of aryl methyl sites for hydroxylation is 1. The highest BCUT2D eigenvalue weighted by molar-refractivity contribution is 6.11. The average Bonchev–Trinajstić information content (AvgIpc) is 3.34. The monoisotopic (exact) mass is 428 g/mol. The molecule has 0 radical (unpaired) electrons. The van der Waals surface area contributed by atoms with Gasteiger partial charge in [0, 0.05) is 28.9 Å². The first-order valence-corrected chi connectivity index (χ1v) is 9.93.